The zero-order valence-corrected chi connectivity index (χ0v) is 7.81. The Morgan fingerprint density at radius 1 is 1.73 bits per heavy atom. The highest BCUT2D eigenvalue weighted by molar-refractivity contribution is 6.30. The molecule has 1 N–H and O–H groups in total. The van der Waals surface area contributed by atoms with Gasteiger partial charge in [0.25, 0.3) is 0 Å². The summed E-state index contributed by atoms with van der Waals surface area (Å²) < 4.78 is 4.85. The number of nitrogens with one attached hydrogen (secondary N) is 1. The number of rotatable bonds is 4. The third kappa shape index (κ3) is 3.58. The molecule has 11 heavy (non-hydrogen) atoms. The van der Waals surface area contributed by atoms with Crippen molar-refractivity contribution in [3.8, 4) is 0 Å². The highest BCUT2D eigenvalue weighted by Crippen LogP contribution is 2.10. The summed E-state index contributed by atoms with van der Waals surface area (Å²) >= 11 is 5.77. The zero-order valence-electron chi connectivity index (χ0n) is 7.06. The van der Waals surface area contributed by atoms with Crippen molar-refractivity contribution in [1.29, 1.82) is 0 Å². The molecule has 66 valence electrons. The smallest absolute Gasteiger partial charge is 0.238 e. The van der Waals surface area contributed by atoms with E-state index in [1.807, 2.05) is 6.92 Å². The Bertz CT molecular complexity index is 130. The summed E-state index contributed by atoms with van der Waals surface area (Å²) in [5, 5.41) is 1.98. The molecule has 0 saturated carbocycles. The minimum absolute atomic E-state index is 0.0432. The van der Waals surface area contributed by atoms with Crippen LogP contribution >= 0.6 is 11.6 Å². The lowest BCUT2D eigenvalue weighted by atomic mass is 10.1. The first-order chi connectivity index (χ1) is 5.13. The van der Waals surface area contributed by atoms with Crippen LogP contribution in [0.2, 0.25) is 0 Å². The number of hydrogen-bond acceptors (Lipinski definition) is 2. The third-order valence-corrected chi connectivity index (χ3v) is 2.05. The molecule has 2 unspecified atom stereocenters. The maximum atomic E-state index is 10.9. The van der Waals surface area contributed by atoms with Gasteiger partial charge in [-0.15, -0.1) is 11.6 Å². The number of amides is 1. The van der Waals surface area contributed by atoms with Crippen molar-refractivity contribution in [2.45, 2.75) is 12.3 Å². The molecule has 0 radical (unpaired) electrons. The molecule has 3 nitrogen and oxygen atoms in total. The van der Waals surface area contributed by atoms with E-state index in [0.717, 1.165) is 0 Å². The van der Waals surface area contributed by atoms with Gasteiger partial charge in [-0.1, -0.05) is 6.92 Å². The van der Waals surface area contributed by atoms with Crippen molar-refractivity contribution in [2.75, 3.05) is 20.8 Å². The predicted molar refractivity (Wildman–Crippen MR) is 44.7 cm³/mol. The molecule has 4 heteroatoms. The molecule has 0 saturated heterocycles. The van der Waals surface area contributed by atoms with Gasteiger partial charge in [0.05, 0.1) is 6.61 Å². The molecule has 0 aromatic rings. The van der Waals surface area contributed by atoms with Crippen LogP contribution in [-0.2, 0) is 9.53 Å². The van der Waals surface area contributed by atoms with Crippen LogP contribution in [0.3, 0.4) is 0 Å². The van der Waals surface area contributed by atoms with Gasteiger partial charge < -0.3 is 10.1 Å². The van der Waals surface area contributed by atoms with Gasteiger partial charge in [-0.3, -0.25) is 4.79 Å². The van der Waals surface area contributed by atoms with Crippen LogP contribution in [0.4, 0.5) is 0 Å². The van der Waals surface area contributed by atoms with Crippen LogP contribution in [0.1, 0.15) is 6.92 Å². The molecule has 0 bridgehead atoms. The average molecular weight is 180 g/mol. The Morgan fingerprint density at radius 3 is 2.64 bits per heavy atom. The molecule has 0 spiro atoms. The zero-order chi connectivity index (χ0) is 8.85. The monoisotopic (exact) mass is 179 g/mol. The topological polar surface area (TPSA) is 38.3 Å². The summed E-state index contributed by atoms with van der Waals surface area (Å²) in [4.78, 5) is 10.9. The van der Waals surface area contributed by atoms with Crippen molar-refractivity contribution in [3.63, 3.8) is 0 Å². The SMILES string of the molecule is CNC(=O)C(Cl)C(C)COC. The summed E-state index contributed by atoms with van der Waals surface area (Å²) in [7, 11) is 3.15. The number of carbonyl (C=O) groups excluding carboxylic acids is 1. The Morgan fingerprint density at radius 2 is 2.27 bits per heavy atom. The minimum Gasteiger partial charge on any atom is -0.384 e. The number of methoxy groups -OCH3 is 1. The van der Waals surface area contributed by atoms with E-state index in [9.17, 15) is 4.79 Å². The average Bonchev–Trinajstić information content (AvgIpc) is 2.02. The minimum atomic E-state index is -0.500. The van der Waals surface area contributed by atoms with Crippen LogP contribution < -0.4 is 5.32 Å². The van der Waals surface area contributed by atoms with E-state index in [-0.39, 0.29) is 11.8 Å². The second-order valence-electron chi connectivity index (χ2n) is 2.45. The van der Waals surface area contributed by atoms with Crippen LogP contribution in [-0.4, -0.2) is 32.0 Å². The molecule has 0 aliphatic rings. The number of hydrogen-bond donors (Lipinski definition) is 1. The number of carbonyl (C=O) groups is 1. The van der Waals surface area contributed by atoms with E-state index in [1.54, 1.807) is 14.2 Å². The quantitative estimate of drug-likeness (QED) is 0.643. The first-order valence-corrected chi connectivity index (χ1v) is 3.91. The Balaban J connectivity index is 3.80. The lowest BCUT2D eigenvalue weighted by molar-refractivity contribution is -0.121. The Kier molecular flexibility index (Phi) is 5.24. The van der Waals surface area contributed by atoms with Crippen molar-refractivity contribution >= 4 is 17.5 Å². The van der Waals surface area contributed by atoms with Crippen LogP contribution in [0, 0.1) is 5.92 Å². The fourth-order valence-electron chi connectivity index (χ4n) is 0.744. The van der Waals surface area contributed by atoms with Gasteiger partial charge in [0.1, 0.15) is 5.38 Å². The van der Waals surface area contributed by atoms with E-state index in [4.69, 9.17) is 16.3 Å². The lowest BCUT2D eigenvalue weighted by Gasteiger charge is -2.14. The van der Waals surface area contributed by atoms with Crippen LogP contribution in [0.5, 0.6) is 0 Å². The van der Waals surface area contributed by atoms with E-state index >= 15 is 0 Å². The summed E-state index contributed by atoms with van der Waals surface area (Å²) in [5.74, 6) is -0.113. The van der Waals surface area contributed by atoms with Crippen molar-refractivity contribution in [1.82, 2.24) is 5.32 Å². The number of ether oxygens (including phenoxy) is 1. The summed E-state index contributed by atoms with van der Waals surface area (Å²) in [6.07, 6.45) is 0. The normalized spacial score (nSPS) is 15.6. The van der Waals surface area contributed by atoms with Crippen molar-refractivity contribution in [2.24, 2.45) is 5.92 Å². The first-order valence-electron chi connectivity index (χ1n) is 3.48. The molecule has 0 aromatic carbocycles. The van der Waals surface area contributed by atoms with Crippen molar-refractivity contribution < 1.29 is 9.53 Å². The Labute approximate surface area is 72.1 Å². The van der Waals surface area contributed by atoms with Gasteiger partial charge in [-0.05, 0) is 0 Å². The molecule has 0 heterocycles. The summed E-state index contributed by atoms with van der Waals surface area (Å²) in [6, 6.07) is 0. The molecule has 0 aliphatic heterocycles. The molecule has 0 fully saturated rings. The fourth-order valence-corrected chi connectivity index (χ4v) is 0.926. The van der Waals surface area contributed by atoms with Crippen LogP contribution in [0.15, 0.2) is 0 Å². The molecule has 0 aromatic heterocycles. The molecule has 1 amide bonds. The van der Waals surface area contributed by atoms with Gasteiger partial charge in [0.15, 0.2) is 0 Å². The van der Waals surface area contributed by atoms with Crippen molar-refractivity contribution in [3.05, 3.63) is 0 Å². The standard InChI is InChI=1S/C7H14ClNO2/c1-5(4-11-3)6(8)7(10)9-2/h5-6H,4H2,1-3H3,(H,9,10). The maximum absolute atomic E-state index is 10.9. The summed E-state index contributed by atoms with van der Waals surface area (Å²) in [6.45, 7) is 2.37. The molecule has 0 aliphatic carbocycles. The maximum Gasteiger partial charge on any atom is 0.238 e. The fraction of sp³-hybridized carbons (Fsp3) is 0.857. The Hall–Kier alpha value is -0.280. The van der Waals surface area contributed by atoms with E-state index < -0.39 is 5.38 Å². The van der Waals surface area contributed by atoms with E-state index in [0.29, 0.717) is 6.61 Å². The molecule has 2 atom stereocenters. The largest absolute Gasteiger partial charge is 0.384 e. The van der Waals surface area contributed by atoms with Gasteiger partial charge in [0.2, 0.25) is 5.91 Å². The first kappa shape index (κ1) is 10.7. The lowest BCUT2D eigenvalue weighted by Crippen LogP contribution is -2.34. The second-order valence-corrected chi connectivity index (χ2v) is 2.92. The number of halogens is 1. The highest BCUT2D eigenvalue weighted by Gasteiger charge is 2.20. The highest BCUT2D eigenvalue weighted by atomic mass is 35.5. The van der Waals surface area contributed by atoms with E-state index in [2.05, 4.69) is 5.32 Å². The summed E-state index contributed by atoms with van der Waals surface area (Å²) in [5.41, 5.74) is 0. The van der Waals surface area contributed by atoms with Gasteiger partial charge in [-0.25, -0.2) is 0 Å². The molecular formula is C7H14ClNO2. The predicted octanol–water partition coefficient (Wildman–Crippen LogP) is 0.622. The van der Waals surface area contributed by atoms with Gasteiger partial charge in [-0.2, -0.15) is 0 Å². The van der Waals surface area contributed by atoms with Gasteiger partial charge in [0, 0.05) is 20.1 Å². The molecule has 0 rings (SSSR count). The van der Waals surface area contributed by atoms with E-state index in [1.165, 1.54) is 0 Å². The van der Waals surface area contributed by atoms with Crippen LogP contribution in [0.25, 0.3) is 0 Å². The van der Waals surface area contributed by atoms with Gasteiger partial charge >= 0.3 is 0 Å². The number of alkyl halides is 1. The second kappa shape index (κ2) is 5.38. The molecular weight excluding hydrogens is 166 g/mol. The third-order valence-electron chi connectivity index (χ3n) is 1.43.